The molecule has 0 radical (unpaired) electrons. The molecule has 0 fully saturated rings. The van der Waals surface area contributed by atoms with Gasteiger partial charge in [-0.05, 0) is 42.3 Å². The Morgan fingerprint density at radius 2 is 1.58 bits per heavy atom. The van der Waals surface area contributed by atoms with Gasteiger partial charge in [-0.1, -0.05) is 54.6 Å². The van der Waals surface area contributed by atoms with E-state index in [-0.39, 0.29) is 4.90 Å². The van der Waals surface area contributed by atoms with Crippen molar-refractivity contribution in [1.82, 2.24) is 4.98 Å². The van der Waals surface area contributed by atoms with Crippen molar-refractivity contribution >= 4 is 32.2 Å². The van der Waals surface area contributed by atoms with Crippen LogP contribution in [0.2, 0.25) is 0 Å². The number of carbonyl (C=O) groups is 1. The normalized spacial score (nSPS) is 13.2. The van der Waals surface area contributed by atoms with Gasteiger partial charge in [-0.25, -0.2) is 13.4 Å². The maximum absolute atomic E-state index is 13.3. The van der Waals surface area contributed by atoms with Crippen LogP contribution in [0.25, 0.3) is 11.1 Å². The van der Waals surface area contributed by atoms with Crippen molar-refractivity contribution < 1.29 is 17.9 Å². The molecule has 0 bridgehead atoms. The number of amides is 1. The van der Waals surface area contributed by atoms with Crippen LogP contribution < -0.4 is 10.1 Å². The summed E-state index contributed by atoms with van der Waals surface area (Å²) in [5, 5.41) is 5.00. The Kier molecular flexibility index (Phi) is 6.31. The highest BCUT2D eigenvalue weighted by Crippen LogP contribution is 2.32. The summed E-state index contributed by atoms with van der Waals surface area (Å²) in [7, 11) is -3.37. The van der Waals surface area contributed by atoms with Gasteiger partial charge in [0.05, 0.1) is 4.90 Å². The van der Waals surface area contributed by atoms with Gasteiger partial charge in [-0.3, -0.25) is 10.1 Å². The number of ether oxygens (including phenoxy) is 1. The van der Waals surface area contributed by atoms with Gasteiger partial charge in [0, 0.05) is 23.4 Å². The molecule has 0 saturated heterocycles. The lowest BCUT2D eigenvalue weighted by atomic mass is 9.94. The van der Waals surface area contributed by atoms with Crippen molar-refractivity contribution in [3.05, 3.63) is 96.0 Å². The number of hydrogen-bond acceptors (Lipinski definition) is 6. The number of carbonyl (C=O) groups excluding carboxylic acids is 1. The molecular formula is C25H22N2O4S2. The summed E-state index contributed by atoms with van der Waals surface area (Å²) in [6.45, 7) is 1.65. The van der Waals surface area contributed by atoms with Crippen LogP contribution in [0, 0.1) is 0 Å². The summed E-state index contributed by atoms with van der Waals surface area (Å²) < 4.78 is 30.0. The third-order valence-electron chi connectivity index (χ3n) is 5.20. The molecule has 1 atom stereocenters. The third-order valence-corrected chi connectivity index (χ3v) is 7.02. The lowest BCUT2D eigenvalue weighted by Gasteiger charge is -2.30. The third kappa shape index (κ3) is 5.13. The molecule has 33 heavy (non-hydrogen) atoms. The average molecular weight is 479 g/mol. The van der Waals surface area contributed by atoms with Crippen molar-refractivity contribution in [3.63, 3.8) is 0 Å². The van der Waals surface area contributed by atoms with Crippen LogP contribution in [0.3, 0.4) is 0 Å². The molecular weight excluding hydrogens is 456 g/mol. The predicted octanol–water partition coefficient (Wildman–Crippen LogP) is 5.15. The predicted molar refractivity (Wildman–Crippen MR) is 130 cm³/mol. The molecule has 1 aromatic heterocycles. The Morgan fingerprint density at radius 3 is 2.15 bits per heavy atom. The lowest BCUT2D eigenvalue weighted by Crippen LogP contribution is -2.42. The summed E-state index contributed by atoms with van der Waals surface area (Å²) >= 11 is 1.30. The van der Waals surface area contributed by atoms with Crippen molar-refractivity contribution in [2.24, 2.45) is 0 Å². The van der Waals surface area contributed by atoms with Crippen molar-refractivity contribution in [2.75, 3.05) is 11.6 Å². The van der Waals surface area contributed by atoms with E-state index in [9.17, 15) is 13.2 Å². The number of rotatable bonds is 7. The molecule has 0 spiro atoms. The number of anilines is 1. The summed E-state index contributed by atoms with van der Waals surface area (Å²) in [6.07, 6.45) is 2.74. The first-order valence-corrected chi connectivity index (χ1v) is 12.9. The van der Waals surface area contributed by atoms with E-state index in [0.29, 0.717) is 16.4 Å². The van der Waals surface area contributed by atoms with Crippen LogP contribution in [0.1, 0.15) is 12.5 Å². The number of nitrogens with zero attached hydrogens (tertiary/aromatic N) is 1. The van der Waals surface area contributed by atoms with Gasteiger partial charge in [0.1, 0.15) is 5.75 Å². The second-order valence-electron chi connectivity index (χ2n) is 7.61. The quantitative estimate of drug-likeness (QED) is 0.397. The van der Waals surface area contributed by atoms with E-state index in [1.807, 2.05) is 54.6 Å². The van der Waals surface area contributed by atoms with E-state index in [2.05, 4.69) is 10.3 Å². The molecule has 1 heterocycles. The maximum Gasteiger partial charge on any atom is 0.274 e. The van der Waals surface area contributed by atoms with Crippen LogP contribution in [-0.2, 0) is 20.2 Å². The standard InChI is InChI=1S/C25H22N2O4S2/c1-25(23(28)27-24-26-16-17-32-24,20-10-14-22(15-11-20)33(2,29)30)31-21-12-8-19(9-13-21)18-6-4-3-5-7-18/h3-17H,1-2H3,(H,26,27,28). The molecule has 1 amide bonds. The van der Waals surface area contributed by atoms with Gasteiger partial charge in [-0.2, -0.15) is 0 Å². The lowest BCUT2D eigenvalue weighted by molar-refractivity contribution is -0.130. The molecule has 6 nitrogen and oxygen atoms in total. The Labute approximate surface area is 196 Å². The summed E-state index contributed by atoms with van der Waals surface area (Å²) in [6, 6.07) is 23.5. The fraction of sp³-hybridized carbons (Fsp3) is 0.120. The van der Waals surface area contributed by atoms with E-state index in [1.165, 1.54) is 23.5 Å². The van der Waals surface area contributed by atoms with Crippen molar-refractivity contribution in [1.29, 1.82) is 0 Å². The molecule has 0 aliphatic heterocycles. The minimum absolute atomic E-state index is 0.168. The van der Waals surface area contributed by atoms with E-state index in [4.69, 9.17) is 4.74 Å². The fourth-order valence-corrected chi connectivity index (χ4v) is 4.49. The van der Waals surface area contributed by atoms with Crippen LogP contribution >= 0.6 is 11.3 Å². The van der Waals surface area contributed by atoms with Crippen LogP contribution in [-0.4, -0.2) is 25.6 Å². The number of benzene rings is 3. The number of hydrogen-bond donors (Lipinski definition) is 1. The summed E-state index contributed by atoms with van der Waals surface area (Å²) in [5.74, 6) is 0.0790. The Bertz CT molecular complexity index is 1340. The largest absolute Gasteiger partial charge is 0.473 e. The van der Waals surface area contributed by atoms with Crippen LogP contribution in [0.15, 0.2) is 95.3 Å². The van der Waals surface area contributed by atoms with Gasteiger partial charge in [0.25, 0.3) is 5.91 Å². The van der Waals surface area contributed by atoms with Gasteiger partial charge >= 0.3 is 0 Å². The highest BCUT2D eigenvalue weighted by atomic mass is 32.2. The smallest absolute Gasteiger partial charge is 0.274 e. The highest BCUT2D eigenvalue weighted by molar-refractivity contribution is 7.90. The van der Waals surface area contributed by atoms with E-state index < -0.39 is 21.3 Å². The molecule has 4 aromatic rings. The van der Waals surface area contributed by atoms with Gasteiger partial charge < -0.3 is 4.74 Å². The molecule has 0 aliphatic carbocycles. The first kappa shape index (κ1) is 22.7. The molecule has 1 unspecified atom stereocenters. The Hall–Kier alpha value is -3.49. The van der Waals surface area contributed by atoms with Gasteiger partial charge in [0.2, 0.25) is 5.60 Å². The summed E-state index contributed by atoms with van der Waals surface area (Å²) in [5.41, 5.74) is 1.17. The first-order chi connectivity index (χ1) is 15.8. The molecule has 1 N–H and O–H groups in total. The number of aromatic nitrogens is 1. The van der Waals surface area contributed by atoms with Crippen molar-refractivity contribution in [3.8, 4) is 16.9 Å². The molecule has 168 valence electrons. The van der Waals surface area contributed by atoms with E-state index in [0.717, 1.165) is 17.4 Å². The molecule has 3 aromatic carbocycles. The molecule has 4 rings (SSSR count). The SMILES string of the molecule is CC(Oc1ccc(-c2ccccc2)cc1)(C(=O)Nc1nccs1)c1ccc(S(C)(=O)=O)cc1. The number of thiazole rings is 1. The Balaban J connectivity index is 1.67. The first-order valence-electron chi connectivity index (χ1n) is 10.1. The van der Waals surface area contributed by atoms with Gasteiger partial charge in [-0.15, -0.1) is 11.3 Å². The Morgan fingerprint density at radius 1 is 0.939 bits per heavy atom. The zero-order valence-electron chi connectivity index (χ0n) is 18.1. The second-order valence-corrected chi connectivity index (χ2v) is 10.5. The number of sulfone groups is 1. The zero-order chi connectivity index (χ0) is 23.5. The minimum atomic E-state index is -3.37. The van der Waals surface area contributed by atoms with E-state index in [1.54, 1.807) is 30.6 Å². The fourth-order valence-electron chi connectivity index (χ4n) is 3.34. The zero-order valence-corrected chi connectivity index (χ0v) is 19.7. The maximum atomic E-state index is 13.3. The minimum Gasteiger partial charge on any atom is -0.473 e. The molecule has 0 saturated carbocycles. The molecule has 0 aliphatic rings. The second kappa shape index (κ2) is 9.17. The summed E-state index contributed by atoms with van der Waals surface area (Å²) in [4.78, 5) is 17.6. The van der Waals surface area contributed by atoms with Crippen molar-refractivity contribution in [2.45, 2.75) is 17.4 Å². The topological polar surface area (TPSA) is 85.4 Å². The average Bonchev–Trinajstić information content (AvgIpc) is 3.33. The van der Waals surface area contributed by atoms with Gasteiger partial charge in [0.15, 0.2) is 15.0 Å². The van der Waals surface area contributed by atoms with Crippen LogP contribution in [0.4, 0.5) is 5.13 Å². The number of nitrogens with one attached hydrogen (secondary N) is 1. The van der Waals surface area contributed by atoms with E-state index >= 15 is 0 Å². The monoisotopic (exact) mass is 478 g/mol. The van der Waals surface area contributed by atoms with Crippen LogP contribution in [0.5, 0.6) is 5.75 Å². The molecule has 8 heteroatoms. The highest BCUT2D eigenvalue weighted by Gasteiger charge is 2.38.